The van der Waals surface area contributed by atoms with Crippen LogP contribution < -0.4 is 10.9 Å². The average Bonchev–Trinajstić information content (AvgIpc) is 2.26. The standard InChI is InChI=1S/C13H14N2O/c1-9(2)8-14-12-7-10-5-3-4-6-11(10)13(16)15-12/h3-7H,1,8H2,2H3,(H2,14,15,16). The highest BCUT2D eigenvalue weighted by Gasteiger charge is 2.00. The van der Waals surface area contributed by atoms with Crippen molar-refractivity contribution in [3.05, 3.63) is 52.8 Å². The van der Waals surface area contributed by atoms with E-state index in [-0.39, 0.29) is 5.56 Å². The second kappa shape index (κ2) is 4.23. The van der Waals surface area contributed by atoms with E-state index in [1.807, 2.05) is 37.3 Å². The van der Waals surface area contributed by atoms with Gasteiger partial charge >= 0.3 is 0 Å². The molecule has 1 aromatic carbocycles. The number of pyridine rings is 1. The van der Waals surface area contributed by atoms with Crippen LogP contribution >= 0.6 is 0 Å². The fourth-order valence-electron chi connectivity index (χ4n) is 1.55. The summed E-state index contributed by atoms with van der Waals surface area (Å²) in [6.45, 7) is 6.40. The Bertz CT molecular complexity index is 584. The Balaban J connectivity index is 2.42. The second-order valence-corrected chi connectivity index (χ2v) is 3.91. The zero-order valence-corrected chi connectivity index (χ0v) is 9.21. The molecule has 1 heterocycles. The lowest BCUT2D eigenvalue weighted by Crippen LogP contribution is -2.11. The van der Waals surface area contributed by atoms with Gasteiger partial charge in [-0.15, -0.1) is 0 Å². The molecule has 0 spiro atoms. The average molecular weight is 214 g/mol. The lowest BCUT2D eigenvalue weighted by atomic mass is 10.2. The minimum absolute atomic E-state index is 0.0673. The molecule has 82 valence electrons. The van der Waals surface area contributed by atoms with Gasteiger partial charge in [0.1, 0.15) is 5.82 Å². The van der Waals surface area contributed by atoms with E-state index in [0.29, 0.717) is 11.9 Å². The first-order valence-electron chi connectivity index (χ1n) is 5.17. The molecule has 3 nitrogen and oxygen atoms in total. The van der Waals surface area contributed by atoms with Crippen LogP contribution in [0.15, 0.2) is 47.3 Å². The zero-order chi connectivity index (χ0) is 11.5. The summed E-state index contributed by atoms with van der Waals surface area (Å²) in [4.78, 5) is 14.5. The highest BCUT2D eigenvalue weighted by molar-refractivity contribution is 5.83. The van der Waals surface area contributed by atoms with E-state index in [0.717, 1.165) is 16.8 Å². The predicted molar refractivity (Wildman–Crippen MR) is 67.9 cm³/mol. The van der Waals surface area contributed by atoms with Gasteiger partial charge in [-0.2, -0.15) is 0 Å². The lowest BCUT2D eigenvalue weighted by Gasteiger charge is -2.06. The quantitative estimate of drug-likeness (QED) is 0.771. The van der Waals surface area contributed by atoms with E-state index >= 15 is 0 Å². The minimum atomic E-state index is -0.0673. The van der Waals surface area contributed by atoms with Crippen LogP contribution in [-0.2, 0) is 0 Å². The Morgan fingerprint density at radius 2 is 2.19 bits per heavy atom. The molecule has 16 heavy (non-hydrogen) atoms. The van der Waals surface area contributed by atoms with E-state index in [2.05, 4.69) is 16.9 Å². The Kier molecular flexibility index (Phi) is 2.77. The van der Waals surface area contributed by atoms with E-state index in [1.54, 1.807) is 0 Å². The molecule has 0 saturated carbocycles. The molecule has 2 aromatic rings. The molecule has 0 aliphatic rings. The van der Waals surface area contributed by atoms with Gasteiger partial charge in [-0.25, -0.2) is 0 Å². The summed E-state index contributed by atoms with van der Waals surface area (Å²) < 4.78 is 0. The summed E-state index contributed by atoms with van der Waals surface area (Å²) in [5.74, 6) is 0.728. The molecule has 0 atom stereocenters. The summed E-state index contributed by atoms with van der Waals surface area (Å²) in [6.07, 6.45) is 0. The maximum atomic E-state index is 11.7. The van der Waals surface area contributed by atoms with Gasteiger partial charge in [0.05, 0.1) is 0 Å². The fourth-order valence-corrected chi connectivity index (χ4v) is 1.55. The van der Waals surface area contributed by atoms with Gasteiger partial charge in [-0.1, -0.05) is 30.4 Å². The molecule has 2 N–H and O–H groups in total. The third-order valence-corrected chi connectivity index (χ3v) is 2.33. The highest BCUT2D eigenvalue weighted by Crippen LogP contribution is 2.12. The first-order valence-corrected chi connectivity index (χ1v) is 5.17. The molecule has 2 rings (SSSR count). The summed E-state index contributed by atoms with van der Waals surface area (Å²) in [6, 6.07) is 9.45. The van der Waals surface area contributed by atoms with Crippen molar-refractivity contribution in [1.82, 2.24) is 4.98 Å². The number of fused-ring (bicyclic) bond motifs is 1. The summed E-state index contributed by atoms with van der Waals surface area (Å²) in [5.41, 5.74) is 0.955. The van der Waals surface area contributed by atoms with Crippen molar-refractivity contribution >= 4 is 16.6 Å². The number of rotatable bonds is 3. The molecule has 0 saturated heterocycles. The van der Waals surface area contributed by atoms with Crippen molar-refractivity contribution in [3.63, 3.8) is 0 Å². The van der Waals surface area contributed by atoms with Crippen LogP contribution in [0, 0.1) is 0 Å². The number of aromatic nitrogens is 1. The topological polar surface area (TPSA) is 44.9 Å². The van der Waals surface area contributed by atoms with Crippen molar-refractivity contribution in [3.8, 4) is 0 Å². The largest absolute Gasteiger partial charge is 0.368 e. The van der Waals surface area contributed by atoms with E-state index in [1.165, 1.54) is 0 Å². The van der Waals surface area contributed by atoms with Crippen molar-refractivity contribution in [2.45, 2.75) is 6.92 Å². The van der Waals surface area contributed by atoms with Crippen molar-refractivity contribution < 1.29 is 0 Å². The van der Waals surface area contributed by atoms with Crippen LogP contribution in [0.25, 0.3) is 10.8 Å². The van der Waals surface area contributed by atoms with Crippen molar-refractivity contribution in [1.29, 1.82) is 0 Å². The highest BCUT2D eigenvalue weighted by atomic mass is 16.1. The molecule has 0 fully saturated rings. The van der Waals surface area contributed by atoms with Crippen molar-refractivity contribution in [2.75, 3.05) is 11.9 Å². The molecule has 0 amide bonds. The predicted octanol–water partition coefficient (Wildman–Crippen LogP) is 2.52. The number of hydrogen-bond acceptors (Lipinski definition) is 2. The maximum absolute atomic E-state index is 11.7. The summed E-state index contributed by atoms with van der Waals surface area (Å²) >= 11 is 0. The number of anilines is 1. The van der Waals surface area contributed by atoms with Crippen LogP contribution in [0.4, 0.5) is 5.82 Å². The van der Waals surface area contributed by atoms with Crippen LogP contribution in [0.1, 0.15) is 6.92 Å². The van der Waals surface area contributed by atoms with E-state index in [9.17, 15) is 4.79 Å². The SMILES string of the molecule is C=C(C)CNc1cc2ccccc2c(=O)[nH]1. The van der Waals surface area contributed by atoms with Gasteiger partial charge in [-0.3, -0.25) is 4.79 Å². The Labute approximate surface area is 93.8 Å². The third-order valence-electron chi connectivity index (χ3n) is 2.33. The minimum Gasteiger partial charge on any atom is -0.368 e. The number of aromatic amines is 1. The molecule has 0 unspecified atom stereocenters. The van der Waals surface area contributed by atoms with Gasteiger partial charge in [0.25, 0.3) is 5.56 Å². The first-order chi connectivity index (χ1) is 7.66. The second-order valence-electron chi connectivity index (χ2n) is 3.91. The van der Waals surface area contributed by atoms with Gasteiger partial charge in [0.2, 0.25) is 0 Å². The van der Waals surface area contributed by atoms with Crippen LogP contribution in [-0.4, -0.2) is 11.5 Å². The molecule has 0 aliphatic carbocycles. The van der Waals surface area contributed by atoms with Crippen LogP contribution in [0.3, 0.4) is 0 Å². The van der Waals surface area contributed by atoms with E-state index < -0.39 is 0 Å². The third kappa shape index (κ3) is 2.14. The Morgan fingerprint density at radius 3 is 2.94 bits per heavy atom. The van der Waals surface area contributed by atoms with Crippen LogP contribution in [0.2, 0.25) is 0 Å². The molecule has 0 radical (unpaired) electrons. The monoisotopic (exact) mass is 214 g/mol. The Morgan fingerprint density at radius 1 is 1.44 bits per heavy atom. The lowest BCUT2D eigenvalue weighted by molar-refractivity contribution is 1.16. The first kappa shape index (κ1) is 10.5. The maximum Gasteiger partial charge on any atom is 0.257 e. The van der Waals surface area contributed by atoms with Crippen LogP contribution in [0.5, 0.6) is 0 Å². The van der Waals surface area contributed by atoms with Crippen molar-refractivity contribution in [2.24, 2.45) is 0 Å². The normalized spacial score (nSPS) is 10.3. The number of H-pyrrole nitrogens is 1. The molecular formula is C13H14N2O. The summed E-state index contributed by atoms with van der Waals surface area (Å²) in [7, 11) is 0. The van der Waals surface area contributed by atoms with Gasteiger partial charge in [0.15, 0.2) is 0 Å². The van der Waals surface area contributed by atoms with E-state index in [4.69, 9.17) is 0 Å². The van der Waals surface area contributed by atoms with Gasteiger partial charge in [0, 0.05) is 11.9 Å². The fraction of sp³-hybridized carbons (Fsp3) is 0.154. The number of nitrogens with one attached hydrogen (secondary N) is 2. The molecule has 0 aliphatic heterocycles. The number of hydrogen-bond donors (Lipinski definition) is 2. The summed E-state index contributed by atoms with van der Waals surface area (Å²) in [5, 5.41) is 4.77. The number of benzene rings is 1. The molecular weight excluding hydrogens is 200 g/mol. The zero-order valence-electron chi connectivity index (χ0n) is 9.21. The Hall–Kier alpha value is -2.03. The van der Waals surface area contributed by atoms with Gasteiger partial charge in [-0.05, 0) is 24.4 Å². The van der Waals surface area contributed by atoms with Gasteiger partial charge < -0.3 is 10.3 Å². The molecule has 3 heteroatoms. The smallest absolute Gasteiger partial charge is 0.257 e. The molecule has 0 bridgehead atoms. The molecule has 1 aromatic heterocycles.